The van der Waals surface area contributed by atoms with E-state index in [-0.39, 0.29) is 24.9 Å². The van der Waals surface area contributed by atoms with Gasteiger partial charge >= 0.3 is 12.0 Å². The van der Waals surface area contributed by atoms with E-state index in [0.29, 0.717) is 11.4 Å². The highest BCUT2D eigenvalue weighted by Gasteiger charge is 2.38. The first-order valence-electron chi connectivity index (χ1n) is 9.39. The number of carbonyl (C=O) groups is 4. The first kappa shape index (κ1) is 22.2. The van der Waals surface area contributed by atoms with Gasteiger partial charge in [0.05, 0.1) is 18.7 Å². The van der Waals surface area contributed by atoms with Crippen LogP contribution in [0.5, 0.6) is 5.75 Å². The number of carbonyl (C=O) groups excluding carboxylic acids is 4. The largest absolute Gasteiger partial charge is 0.495 e. The average molecular weight is 405 g/mol. The summed E-state index contributed by atoms with van der Waals surface area (Å²) in [7, 11) is 1.51. The monoisotopic (exact) mass is 405 g/mol. The molecule has 158 valence electrons. The molecule has 1 heterocycles. The first-order chi connectivity index (χ1) is 13.6. The lowest BCUT2D eigenvalue weighted by Crippen LogP contribution is -2.47. The van der Waals surface area contributed by atoms with Crippen molar-refractivity contribution in [2.24, 2.45) is 5.92 Å². The van der Waals surface area contributed by atoms with E-state index in [0.717, 1.165) is 5.56 Å². The number of methoxy groups -OCH3 is 1. The Morgan fingerprint density at radius 3 is 2.52 bits per heavy atom. The predicted molar refractivity (Wildman–Crippen MR) is 106 cm³/mol. The third-order valence-corrected chi connectivity index (χ3v) is 4.40. The summed E-state index contributed by atoms with van der Waals surface area (Å²) in [6, 6.07) is 4.63. The number of hydrogen-bond donors (Lipinski definition) is 2. The predicted octanol–water partition coefficient (Wildman–Crippen LogP) is 1.52. The van der Waals surface area contributed by atoms with Gasteiger partial charge in [0.15, 0.2) is 6.10 Å². The number of anilines is 1. The molecule has 0 saturated carbocycles. The minimum atomic E-state index is -1.17. The number of nitrogens with zero attached hydrogens (tertiary/aromatic N) is 1. The van der Waals surface area contributed by atoms with E-state index in [9.17, 15) is 19.2 Å². The van der Waals surface area contributed by atoms with E-state index in [4.69, 9.17) is 9.47 Å². The number of nitrogens with one attached hydrogen (secondary N) is 2. The van der Waals surface area contributed by atoms with Gasteiger partial charge in [-0.1, -0.05) is 6.07 Å². The molecule has 2 N–H and O–H groups in total. The maximum Gasteiger partial charge on any atom is 0.321 e. The normalized spacial score (nSPS) is 17.1. The van der Waals surface area contributed by atoms with Crippen molar-refractivity contribution in [3.63, 3.8) is 0 Å². The number of esters is 1. The highest BCUT2D eigenvalue weighted by Crippen LogP contribution is 2.34. The highest BCUT2D eigenvalue weighted by molar-refractivity contribution is 6.01. The van der Waals surface area contributed by atoms with E-state index in [1.165, 1.54) is 18.9 Å². The Morgan fingerprint density at radius 1 is 1.21 bits per heavy atom. The van der Waals surface area contributed by atoms with Crippen LogP contribution in [0.3, 0.4) is 0 Å². The zero-order valence-corrected chi connectivity index (χ0v) is 17.3. The molecule has 1 saturated heterocycles. The van der Waals surface area contributed by atoms with Gasteiger partial charge < -0.3 is 19.7 Å². The molecule has 9 heteroatoms. The van der Waals surface area contributed by atoms with Gasteiger partial charge in [-0.2, -0.15) is 0 Å². The van der Waals surface area contributed by atoms with Crippen molar-refractivity contribution in [3.05, 3.63) is 23.8 Å². The second-order valence-electron chi connectivity index (χ2n) is 7.28. The molecule has 1 aromatic carbocycles. The summed E-state index contributed by atoms with van der Waals surface area (Å²) in [5.74, 6) is -1.82. The van der Waals surface area contributed by atoms with Gasteiger partial charge in [0.1, 0.15) is 5.75 Å². The Balaban J connectivity index is 1.99. The molecule has 1 aliphatic heterocycles. The lowest BCUT2D eigenvalue weighted by Gasteiger charge is -2.20. The van der Waals surface area contributed by atoms with Gasteiger partial charge in [0, 0.05) is 19.0 Å². The average Bonchev–Trinajstić information content (AvgIpc) is 3.02. The van der Waals surface area contributed by atoms with E-state index >= 15 is 0 Å². The van der Waals surface area contributed by atoms with Gasteiger partial charge in [-0.15, -0.1) is 0 Å². The minimum absolute atomic E-state index is 0.0297. The molecule has 0 spiro atoms. The van der Waals surface area contributed by atoms with E-state index in [1.807, 2.05) is 19.1 Å². The smallest absolute Gasteiger partial charge is 0.321 e. The van der Waals surface area contributed by atoms with Crippen LogP contribution in [-0.2, 0) is 19.1 Å². The third-order valence-electron chi connectivity index (χ3n) is 4.40. The van der Waals surface area contributed by atoms with E-state index in [1.54, 1.807) is 19.9 Å². The van der Waals surface area contributed by atoms with Crippen LogP contribution in [0.1, 0.15) is 32.8 Å². The SMILES string of the molecule is COc1ccc(C)cc1N1C[C@H](C(=O)O[C@@H](C)C(=O)NC(=O)NC(C)C)CC1=O. The van der Waals surface area contributed by atoms with E-state index < -0.39 is 29.9 Å². The molecule has 1 fully saturated rings. The Hall–Kier alpha value is -3.10. The summed E-state index contributed by atoms with van der Waals surface area (Å²) in [5, 5.41) is 4.62. The molecule has 0 bridgehead atoms. The molecule has 0 unspecified atom stereocenters. The van der Waals surface area contributed by atoms with Crippen LogP contribution in [0.25, 0.3) is 0 Å². The molecule has 1 aliphatic rings. The third kappa shape index (κ3) is 5.69. The van der Waals surface area contributed by atoms with Gasteiger partial charge in [0.2, 0.25) is 5.91 Å². The molecule has 9 nitrogen and oxygen atoms in total. The summed E-state index contributed by atoms with van der Waals surface area (Å²) >= 11 is 0. The Labute approximate surface area is 169 Å². The minimum Gasteiger partial charge on any atom is -0.495 e. The molecule has 2 atom stereocenters. The summed E-state index contributed by atoms with van der Waals surface area (Å²) < 4.78 is 10.5. The summed E-state index contributed by atoms with van der Waals surface area (Å²) in [6.45, 7) is 6.89. The van der Waals surface area contributed by atoms with Gasteiger partial charge in [-0.3, -0.25) is 19.7 Å². The van der Waals surface area contributed by atoms with Crippen molar-refractivity contribution in [1.82, 2.24) is 10.6 Å². The second kappa shape index (κ2) is 9.40. The standard InChI is InChI=1S/C20H27N3O6/c1-11(2)21-20(27)22-18(25)13(4)29-19(26)14-9-17(24)23(10-14)15-8-12(3)6-7-16(15)28-5/h6-8,11,13-14H,9-10H2,1-5H3,(H2,21,22,25,27)/t13-,14+/m0/s1. The molecule has 4 amide bonds. The summed E-state index contributed by atoms with van der Waals surface area (Å²) in [4.78, 5) is 50.0. The number of hydrogen-bond acceptors (Lipinski definition) is 6. The molecule has 0 radical (unpaired) electrons. The highest BCUT2D eigenvalue weighted by atomic mass is 16.5. The van der Waals surface area contributed by atoms with Crippen LogP contribution in [0, 0.1) is 12.8 Å². The molecule has 1 aromatic rings. The van der Waals surface area contributed by atoms with Gasteiger partial charge in [0.25, 0.3) is 5.91 Å². The van der Waals surface area contributed by atoms with E-state index in [2.05, 4.69) is 10.6 Å². The fraction of sp³-hybridized carbons (Fsp3) is 0.500. The number of imide groups is 1. The van der Waals surface area contributed by atoms with Crippen molar-refractivity contribution in [2.45, 2.75) is 46.3 Å². The van der Waals surface area contributed by atoms with Crippen molar-refractivity contribution in [1.29, 1.82) is 0 Å². The topological polar surface area (TPSA) is 114 Å². The number of ether oxygens (including phenoxy) is 2. The van der Waals surface area contributed by atoms with Crippen molar-refractivity contribution < 1.29 is 28.7 Å². The first-order valence-corrected chi connectivity index (χ1v) is 9.39. The lowest BCUT2D eigenvalue weighted by molar-refractivity contribution is -0.158. The van der Waals surface area contributed by atoms with Gasteiger partial charge in [-0.05, 0) is 45.4 Å². The van der Waals surface area contributed by atoms with Gasteiger partial charge in [-0.25, -0.2) is 4.79 Å². The zero-order valence-electron chi connectivity index (χ0n) is 17.3. The Bertz CT molecular complexity index is 807. The Kier molecular flexibility index (Phi) is 7.19. The number of benzene rings is 1. The zero-order chi connectivity index (χ0) is 21.7. The van der Waals surface area contributed by atoms with Crippen LogP contribution in [0.4, 0.5) is 10.5 Å². The van der Waals surface area contributed by atoms with Crippen molar-refractivity contribution in [3.8, 4) is 5.75 Å². The van der Waals surface area contributed by atoms with Crippen LogP contribution in [0.15, 0.2) is 18.2 Å². The lowest BCUT2D eigenvalue weighted by atomic mass is 10.1. The number of urea groups is 1. The Morgan fingerprint density at radius 2 is 1.90 bits per heavy atom. The second-order valence-corrected chi connectivity index (χ2v) is 7.28. The van der Waals surface area contributed by atoms with Crippen LogP contribution < -0.4 is 20.3 Å². The van der Waals surface area contributed by atoms with Crippen molar-refractivity contribution >= 4 is 29.5 Å². The van der Waals surface area contributed by atoms with Crippen LogP contribution >= 0.6 is 0 Å². The molecule has 0 aromatic heterocycles. The molecule has 29 heavy (non-hydrogen) atoms. The maximum absolute atomic E-state index is 12.5. The van der Waals surface area contributed by atoms with Crippen LogP contribution in [0.2, 0.25) is 0 Å². The molecular formula is C20H27N3O6. The number of aryl methyl sites for hydroxylation is 1. The molecular weight excluding hydrogens is 378 g/mol. The number of amides is 4. The van der Waals surface area contributed by atoms with Crippen molar-refractivity contribution in [2.75, 3.05) is 18.6 Å². The fourth-order valence-electron chi connectivity index (χ4n) is 2.95. The molecule has 0 aliphatic carbocycles. The number of rotatable bonds is 6. The molecule has 2 rings (SSSR count). The van der Waals surface area contributed by atoms with Crippen LogP contribution in [-0.4, -0.2) is 49.6 Å². The summed E-state index contributed by atoms with van der Waals surface area (Å²) in [5.41, 5.74) is 1.54. The quantitative estimate of drug-likeness (QED) is 0.694. The summed E-state index contributed by atoms with van der Waals surface area (Å²) in [6.07, 6.45) is -1.20. The maximum atomic E-state index is 12.5. The fourth-order valence-corrected chi connectivity index (χ4v) is 2.95.